The van der Waals surface area contributed by atoms with E-state index in [9.17, 15) is 4.79 Å². The van der Waals surface area contributed by atoms with Crippen molar-refractivity contribution in [2.24, 2.45) is 0 Å². The molecule has 6 heteroatoms. The lowest BCUT2D eigenvalue weighted by atomic mass is 10.3. The molecule has 2 heterocycles. The molecule has 1 saturated carbocycles. The fourth-order valence-corrected chi connectivity index (χ4v) is 3.91. The van der Waals surface area contributed by atoms with Gasteiger partial charge in [0.25, 0.3) is 0 Å². The van der Waals surface area contributed by atoms with Crippen LogP contribution in [0.4, 0.5) is 5.95 Å². The van der Waals surface area contributed by atoms with E-state index < -0.39 is 0 Å². The highest BCUT2D eigenvalue weighted by Crippen LogP contribution is 2.30. The van der Waals surface area contributed by atoms with Crippen LogP contribution >= 0.6 is 11.8 Å². The number of hydrogen-bond donors (Lipinski definition) is 1. The third-order valence-electron chi connectivity index (χ3n) is 3.77. The van der Waals surface area contributed by atoms with E-state index in [0.717, 1.165) is 11.3 Å². The molecular formula is C13H18N4OS. The Labute approximate surface area is 117 Å². The second-order valence-corrected chi connectivity index (χ2v) is 6.46. The maximum atomic E-state index is 12.2. The van der Waals surface area contributed by atoms with Crippen molar-refractivity contribution in [1.82, 2.24) is 14.9 Å². The van der Waals surface area contributed by atoms with Crippen molar-refractivity contribution in [2.75, 3.05) is 11.5 Å². The Balaban J connectivity index is 1.55. The zero-order valence-corrected chi connectivity index (χ0v) is 11.7. The van der Waals surface area contributed by atoms with Crippen molar-refractivity contribution in [3.05, 3.63) is 17.5 Å². The summed E-state index contributed by atoms with van der Waals surface area (Å²) in [5.41, 5.74) is 7.48. The molecule has 3 rings (SSSR count). The zero-order chi connectivity index (χ0) is 13.2. The minimum absolute atomic E-state index is 0.202. The van der Waals surface area contributed by atoms with Crippen LogP contribution in [0, 0.1) is 0 Å². The van der Waals surface area contributed by atoms with Gasteiger partial charge in [-0.3, -0.25) is 4.79 Å². The molecule has 0 radical (unpaired) electrons. The van der Waals surface area contributed by atoms with Gasteiger partial charge in [0, 0.05) is 23.6 Å². The molecule has 5 nitrogen and oxygen atoms in total. The number of amides is 1. The maximum absolute atomic E-state index is 12.2. The number of thioether (sulfide) groups is 1. The van der Waals surface area contributed by atoms with Crippen LogP contribution in [0.5, 0.6) is 0 Å². The van der Waals surface area contributed by atoms with Gasteiger partial charge in [-0.05, 0) is 12.8 Å². The molecule has 0 atom stereocenters. The molecular weight excluding hydrogens is 260 g/mol. The average Bonchev–Trinajstić information content (AvgIpc) is 3.04. The van der Waals surface area contributed by atoms with Crippen LogP contribution in [-0.4, -0.2) is 31.8 Å². The summed E-state index contributed by atoms with van der Waals surface area (Å²) in [6.45, 7) is 1.20. The van der Waals surface area contributed by atoms with Gasteiger partial charge in [0.15, 0.2) is 0 Å². The van der Waals surface area contributed by atoms with Crippen LogP contribution in [0.1, 0.15) is 36.9 Å². The third-order valence-corrected chi connectivity index (χ3v) is 5.13. The summed E-state index contributed by atoms with van der Waals surface area (Å²) < 4.78 is 0. The van der Waals surface area contributed by atoms with Gasteiger partial charge < -0.3 is 10.6 Å². The molecule has 0 unspecified atom stereocenters. The second kappa shape index (κ2) is 5.36. The smallest absolute Gasteiger partial charge is 0.233 e. The summed E-state index contributed by atoms with van der Waals surface area (Å²) in [6, 6.07) is 0. The molecule has 102 valence electrons. The number of nitrogens with zero attached hydrogens (tertiary/aromatic N) is 3. The number of nitrogen functional groups attached to an aromatic ring is 1. The van der Waals surface area contributed by atoms with Crippen LogP contribution in [0.15, 0.2) is 6.20 Å². The summed E-state index contributed by atoms with van der Waals surface area (Å²) in [6.07, 6.45) is 6.89. The first-order valence-corrected chi connectivity index (χ1v) is 7.77. The van der Waals surface area contributed by atoms with Crippen molar-refractivity contribution < 1.29 is 4.79 Å². The zero-order valence-electron chi connectivity index (χ0n) is 10.8. The number of carbonyl (C=O) groups is 1. The van der Waals surface area contributed by atoms with E-state index in [1.165, 1.54) is 25.7 Å². The molecule has 0 saturated heterocycles. The Morgan fingerprint density at radius 1 is 1.42 bits per heavy atom. The first-order valence-electron chi connectivity index (χ1n) is 6.72. The monoisotopic (exact) mass is 278 g/mol. The van der Waals surface area contributed by atoms with E-state index >= 15 is 0 Å². The molecule has 1 aromatic rings. The van der Waals surface area contributed by atoms with E-state index in [-0.39, 0.29) is 11.9 Å². The van der Waals surface area contributed by atoms with E-state index in [1.807, 2.05) is 16.7 Å². The predicted octanol–water partition coefficient (Wildman–Crippen LogP) is 1.58. The van der Waals surface area contributed by atoms with Gasteiger partial charge in [-0.1, -0.05) is 12.8 Å². The van der Waals surface area contributed by atoms with Crippen LogP contribution in [0.2, 0.25) is 0 Å². The van der Waals surface area contributed by atoms with E-state index in [0.29, 0.717) is 24.1 Å². The lowest BCUT2D eigenvalue weighted by molar-refractivity contribution is -0.128. The second-order valence-electron chi connectivity index (χ2n) is 5.17. The molecule has 1 aliphatic heterocycles. The van der Waals surface area contributed by atoms with Crippen molar-refractivity contribution >= 4 is 23.6 Å². The minimum atomic E-state index is 0.202. The number of hydrogen-bond acceptors (Lipinski definition) is 5. The highest BCUT2D eigenvalue weighted by molar-refractivity contribution is 8.00. The van der Waals surface area contributed by atoms with E-state index in [2.05, 4.69) is 9.97 Å². The molecule has 1 amide bonds. The van der Waals surface area contributed by atoms with Crippen molar-refractivity contribution in [3.8, 4) is 0 Å². The first-order chi connectivity index (χ1) is 9.22. The Morgan fingerprint density at radius 2 is 2.21 bits per heavy atom. The summed E-state index contributed by atoms with van der Waals surface area (Å²) in [5, 5.41) is 0.685. The molecule has 0 aromatic carbocycles. The minimum Gasteiger partial charge on any atom is -0.368 e. The van der Waals surface area contributed by atoms with Crippen LogP contribution < -0.4 is 5.73 Å². The number of anilines is 1. The van der Waals surface area contributed by atoms with Gasteiger partial charge >= 0.3 is 0 Å². The average molecular weight is 278 g/mol. The Morgan fingerprint density at radius 3 is 3.00 bits per heavy atom. The van der Waals surface area contributed by atoms with Gasteiger partial charge in [0.2, 0.25) is 11.9 Å². The normalized spacial score (nSPS) is 18.8. The van der Waals surface area contributed by atoms with Crippen LogP contribution in [0.25, 0.3) is 0 Å². The highest BCUT2D eigenvalue weighted by atomic mass is 32.2. The highest BCUT2D eigenvalue weighted by Gasteiger charge is 2.26. The molecule has 1 fully saturated rings. The van der Waals surface area contributed by atoms with Gasteiger partial charge in [-0.2, -0.15) is 0 Å². The number of carbonyl (C=O) groups excluding carboxylic acids is 1. The van der Waals surface area contributed by atoms with Gasteiger partial charge in [-0.25, -0.2) is 9.97 Å². The fraction of sp³-hybridized carbons (Fsp3) is 0.615. The lowest BCUT2D eigenvalue weighted by Gasteiger charge is -2.16. The summed E-state index contributed by atoms with van der Waals surface area (Å²) in [7, 11) is 0. The van der Waals surface area contributed by atoms with Gasteiger partial charge in [-0.15, -0.1) is 11.8 Å². The number of fused-ring (bicyclic) bond motifs is 1. The largest absolute Gasteiger partial charge is 0.368 e. The lowest BCUT2D eigenvalue weighted by Crippen LogP contribution is -2.27. The van der Waals surface area contributed by atoms with Crippen LogP contribution in [-0.2, 0) is 17.9 Å². The quantitative estimate of drug-likeness (QED) is 0.908. The van der Waals surface area contributed by atoms with Crippen molar-refractivity contribution in [3.63, 3.8) is 0 Å². The SMILES string of the molecule is Nc1ncc2c(n1)CN(C(=O)CSC1CCCC1)C2. The molecule has 0 bridgehead atoms. The maximum Gasteiger partial charge on any atom is 0.233 e. The Bertz CT molecular complexity index is 488. The molecule has 1 aliphatic carbocycles. The van der Waals surface area contributed by atoms with Gasteiger partial charge in [0.05, 0.1) is 18.0 Å². The topological polar surface area (TPSA) is 72.1 Å². The first kappa shape index (κ1) is 12.7. The van der Waals surface area contributed by atoms with Crippen molar-refractivity contribution in [1.29, 1.82) is 0 Å². The molecule has 1 aromatic heterocycles. The third kappa shape index (κ3) is 2.83. The van der Waals surface area contributed by atoms with Crippen molar-refractivity contribution in [2.45, 2.75) is 44.0 Å². The fourth-order valence-electron chi connectivity index (χ4n) is 2.68. The van der Waals surface area contributed by atoms with E-state index in [4.69, 9.17) is 5.73 Å². The summed E-state index contributed by atoms with van der Waals surface area (Å²) >= 11 is 1.81. The van der Waals surface area contributed by atoms with Gasteiger partial charge in [0.1, 0.15) is 0 Å². The molecule has 2 aliphatic rings. The summed E-state index contributed by atoms with van der Waals surface area (Å²) in [5.74, 6) is 1.07. The predicted molar refractivity (Wildman–Crippen MR) is 75.4 cm³/mol. The van der Waals surface area contributed by atoms with Crippen LogP contribution in [0.3, 0.4) is 0 Å². The molecule has 0 spiro atoms. The molecule has 19 heavy (non-hydrogen) atoms. The standard InChI is InChI=1S/C13H18N4OS/c14-13-15-5-9-6-17(7-11(9)16-13)12(18)8-19-10-3-1-2-4-10/h5,10H,1-4,6-8H2,(H2,14,15,16). The Kier molecular flexibility index (Phi) is 3.59. The number of nitrogens with two attached hydrogens (primary N) is 1. The number of rotatable bonds is 3. The Hall–Kier alpha value is -1.30. The van der Waals surface area contributed by atoms with E-state index in [1.54, 1.807) is 6.20 Å². The number of aromatic nitrogens is 2. The molecule has 2 N–H and O–H groups in total. The summed E-state index contributed by atoms with van der Waals surface area (Å²) in [4.78, 5) is 22.2.